The van der Waals surface area contributed by atoms with Gasteiger partial charge in [0.15, 0.2) is 0 Å². The molecule has 0 aliphatic carbocycles. The summed E-state index contributed by atoms with van der Waals surface area (Å²) in [6.45, 7) is 5.81. The highest BCUT2D eigenvalue weighted by molar-refractivity contribution is 7.98. The third-order valence-corrected chi connectivity index (χ3v) is 1.56. The fourth-order valence-corrected chi connectivity index (χ4v) is 0.831. The molecule has 0 aliphatic rings. The first kappa shape index (κ1) is 10.5. The van der Waals surface area contributed by atoms with Crippen molar-refractivity contribution in [2.75, 3.05) is 12.4 Å². The maximum Gasteiger partial charge on any atom is 0.353 e. The van der Waals surface area contributed by atoms with E-state index >= 15 is 0 Å². The molecule has 4 heteroatoms. The molecule has 0 amide bonds. The van der Waals surface area contributed by atoms with Crippen LogP contribution in [0.3, 0.4) is 0 Å². The highest BCUT2D eigenvalue weighted by atomic mass is 32.2. The van der Waals surface area contributed by atoms with Gasteiger partial charge < -0.3 is 4.74 Å². The van der Waals surface area contributed by atoms with Crippen molar-refractivity contribution in [3.8, 4) is 0 Å². The van der Waals surface area contributed by atoms with Crippen LogP contribution in [0.2, 0.25) is 0 Å². The number of hydrogen-bond acceptors (Lipinski definition) is 4. The zero-order valence-corrected chi connectivity index (χ0v) is 7.90. The van der Waals surface area contributed by atoms with E-state index in [4.69, 9.17) is 4.74 Å². The summed E-state index contributed by atoms with van der Waals surface area (Å²) in [6, 6.07) is 0. The predicted octanol–water partition coefficient (Wildman–Crippen LogP) is 1.68. The predicted molar refractivity (Wildman–Crippen MR) is 47.9 cm³/mol. The van der Waals surface area contributed by atoms with E-state index in [-0.39, 0.29) is 5.97 Å². The maximum atomic E-state index is 10.9. The molecule has 0 spiro atoms. The molecule has 64 valence electrons. The lowest BCUT2D eigenvalue weighted by Crippen LogP contribution is -2.13. The van der Waals surface area contributed by atoms with Gasteiger partial charge in [-0.25, -0.2) is 9.19 Å². The van der Waals surface area contributed by atoms with E-state index in [2.05, 4.69) is 4.40 Å². The van der Waals surface area contributed by atoms with Crippen molar-refractivity contribution in [2.45, 2.75) is 20.8 Å². The summed E-state index contributed by atoms with van der Waals surface area (Å²) in [6.07, 6.45) is 0. The van der Waals surface area contributed by atoms with Crippen LogP contribution < -0.4 is 0 Å². The standard InChI is InChI=1S/C7H13NO2S/c1-4-10-7(9)6(3)8-11-5-2/h4-5H2,1-3H3/b8-6+. The second-order valence-electron chi connectivity index (χ2n) is 1.81. The summed E-state index contributed by atoms with van der Waals surface area (Å²) in [5.41, 5.74) is 0.429. The van der Waals surface area contributed by atoms with E-state index in [0.29, 0.717) is 12.3 Å². The molecular formula is C7H13NO2S. The average molecular weight is 175 g/mol. The Morgan fingerprint density at radius 2 is 2.18 bits per heavy atom. The van der Waals surface area contributed by atoms with Crippen LogP contribution in [-0.2, 0) is 9.53 Å². The molecule has 0 atom stereocenters. The van der Waals surface area contributed by atoms with Gasteiger partial charge in [0, 0.05) is 5.75 Å². The molecule has 0 heterocycles. The smallest absolute Gasteiger partial charge is 0.353 e. The van der Waals surface area contributed by atoms with Crippen LogP contribution in [0.1, 0.15) is 20.8 Å². The van der Waals surface area contributed by atoms with Gasteiger partial charge in [0.1, 0.15) is 5.71 Å². The minimum atomic E-state index is -0.326. The molecule has 0 aliphatic heterocycles. The number of rotatable bonds is 4. The highest BCUT2D eigenvalue weighted by Gasteiger charge is 2.04. The molecule has 0 saturated heterocycles. The number of esters is 1. The van der Waals surface area contributed by atoms with Crippen molar-refractivity contribution in [2.24, 2.45) is 4.40 Å². The molecule has 0 bridgehead atoms. The largest absolute Gasteiger partial charge is 0.461 e. The fraction of sp³-hybridized carbons (Fsp3) is 0.714. The fourth-order valence-electron chi connectivity index (χ4n) is 0.434. The van der Waals surface area contributed by atoms with Crippen LogP contribution in [-0.4, -0.2) is 24.0 Å². The van der Waals surface area contributed by atoms with Crippen LogP contribution in [0.25, 0.3) is 0 Å². The first-order valence-corrected chi connectivity index (χ1v) is 4.50. The van der Waals surface area contributed by atoms with Gasteiger partial charge in [-0.1, -0.05) is 6.92 Å². The van der Waals surface area contributed by atoms with Gasteiger partial charge in [-0.2, -0.15) is 0 Å². The lowest BCUT2D eigenvalue weighted by Gasteiger charge is -1.98. The Morgan fingerprint density at radius 3 is 2.64 bits per heavy atom. The van der Waals surface area contributed by atoms with Crippen molar-refractivity contribution < 1.29 is 9.53 Å². The van der Waals surface area contributed by atoms with E-state index in [1.807, 2.05) is 6.92 Å². The normalized spacial score (nSPS) is 11.4. The van der Waals surface area contributed by atoms with E-state index < -0.39 is 0 Å². The topological polar surface area (TPSA) is 38.7 Å². The van der Waals surface area contributed by atoms with Crippen molar-refractivity contribution in [3.63, 3.8) is 0 Å². The van der Waals surface area contributed by atoms with Crippen molar-refractivity contribution in [3.05, 3.63) is 0 Å². The van der Waals surface area contributed by atoms with Crippen LogP contribution in [0.4, 0.5) is 0 Å². The van der Waals surface area contributed by atoms with Gasteiger partial charge >= 0.3 is 5.97 Å². The van der Waals surface area contributed by atoms with Crippen molar-refractivity contribution in [1.29, 1.82) is 0 Å². The zero-order valence-electron chi connectivity index (χ0n) is 7.09. The molecule has 3 nitrogen and oxygen atoms in total. The number of nitrogens with zero attached hydrogens (tertiary/aromatic N) is 1. The Balaban J connectivity index is 3.80. The summed E-state index contributed by atoms with van der Waals surface area (Å²) in [4.78, 5) is 10.9. The molecule has 0 radical (unpaired) electrons. The minimum Gasteiger partial charge on any atom is -0.461 e. The maximum absolute atomic E-state index is 10.9. The summed E-state index contributed by atoms with van der Waals surface area (Å²) in [5, 5.41) is 0. The second kappa shape index (κ2) is 6.22. The molecule has 0 saturated carbocycles. The first-order chi connectivity index (χ1) is 5.22. The Hall–Kier alpha value is -0.510. The quantitative estimate of drug-likeness (QED) is 0.370. The molecule has 0 aromatic rings. The van der Waals surface area contributed by atoms with Crippen LogP contribution in [0, 0.1) is 0 Å². The second-order valence-corrected chi connectivity index (χ2v) is 2.83. The molecular weight excluding hydrogens is 162 g/mol. The molecule has 0 unspecified atom stereocenters. The van der Waals surface area contributed by atoms with Crippen LogP contribution in [0.5, 0.6) is 0 Å². The Kier molecular flexibility index (Phi) is 5.93. The number of carbonyl (C=O) groups excluding carboxylic acids is 1. The molecule has 0 N–H and O–H groups in total. The molecule has 0 aromatic carbocycles. The summed E-state index contributed by atoms with van der Waals surface area (Å²) in [7, 11) is 0. The summed E-state index contributed by atoms with van der Waals surface area (Å²) < 4.78 is 8.64. The van der Waals surface area contributed by atoms with Gasteiger partial charge in [0.05, 0.1) is 6.61 Å². The van der Waals surface area contributed by atoms with Gasteiger partial charge in [-0.3, -0.25) is 0 Å². The third-order valence-electron chi connectivity index (χ3n) is 0.901. The Bertz CT molecular complexity index is 157. The van der Waals surface area contributed by atoms with E-state index in [9.17, 15) is 4.79 Å². The zero-order chi connectivity index (χ0) is 8.69. The molecule has 0 rings (SSSR count). The Morgan fingerprint density at radius 1 is 1.55 bits per heavy atom. The monoisotopic (exact) mass is 175 g/mol. The lowest BCUT2D eigenvalue weighted by atomic mass is 10.4. The van der Waals surface area contributed by atoms with E-state index in [1.54, 1.807) is 13.8 Å². The summed E-state index contributed by atoms with van der Waals surface area (Å²) in [5.74, 6) is 0.546. The molecule has 0 aromatic heterocycles. The van der Waals surface area contributed by atoms with Gasteiger partial charge in [0.25, 0.3) is 0 Å². The highest BCUT2D eigenvalue weighted by Crippen LogP contribution is 2.01. The van der Waals surface area contributed by atoms with Crippen LogP contribution >= 0.6 is 11.9 Å². The first-order valence-electron chi connectivity index (χ1n) is 3.56. The van der Waals surface area contributed by atoms with Gasteiger partial charge in [-0.05, 0) is 25.8 Å². The number of hydrogen-bond donors (Lipinski definition) is 0. The van der Waals surface area contributed by atoms with Gasteiger partial charge in [-0.15, -0.1) is 0 Å². The van der Waals surface area contributed by atoms with Crippen molar-refractivity contribution in [1.82, 2.24) is 0 Å². The van der Waals surface area contributed by atoms with E-state index in [1.165, 1.54) is 11.9 Å². The van der Waals surface area contributed by atoms with Crippen molar-refractivity contribution >= 4 is 23.6 Å². The van der Waals surface area contributed by atoms with Gasteiger partial charge in [0.2, 0.25) is 0 Å². The SMILES string of the molecule is CCOC(=O)/C(C)=N/SCC. The number of ether oxygens (including phenoxy) is 1. The summed E-state index contributed by atoms with van der Waals surface area (Å²) >= 11 is 1.36. The van der Waals surface area contributed by atoms with E-state index in [0.717, 1.165) is 5.75 Å². The molecule has 11 heavy (non-hydrogen) atoms. The lowest BCUT2D eigenvalue weighted by molar-refractivity contribution is -0.135. The minimum absolute atomic E-state index is 0.326. The third kappa shape index (κ3) is 4.84. The number of carbonyl (C=O) groups is 1. The average Bonchev–Trinajstić information content (AvgIpc) is 2.00. The van der Waals surface area contributed by atoms with Crippen LogP contribution in [0.15, 0.2) is 4.40 Å². The molecule has 0 fully saturated rings. The Labute approximate surface area is 71.4 Å².